The Labute approximate surface area is 684 Å². The molecule has 0 unspecified atom stereocenters. The molecule has 0 radical (unpaired) electrons. The number of benzene rings is 10. The summed E-state index contributed by atoms with van der Waals surface area (Å²) >= 11 is 0. The minimum atomic E-state index is -0.238. The maximum atomic E-state index is 7.62. The second kappa shape index (κ2) is 34.0. The molecule has 0 spiro atoms. The van der Waals surface area contributed by atoms with Gasteiger partial charge in [0.1, 0.15) is 54.3 Å². The normalized spacial score (nSPS) is 15.2. The third-order valence-corrected chi connectivity index (χ3v) is 23.7. The molecule has 0 fully saturated rings. The Morgan fingerprint density at radius 2 is 0.412 bits per heavy atom. The van der Waals surface area contributed by atoms with Gasteiger partial charge in [0, 0.05) is 77.8 Å². The molecule has 9 heteroatoms. The SMILES string of the molecule is COc1c2cc(C(C)(C)C)cc1Cc1cc(C(C)(C)C)cc3c1OCCNCc1ccccc1Cc1cc4cc(c1)Cc1ccccc1CNCCOc1c(cc(C(C)(C)C)cc1Cc1cc(C(C)(C)C)cc(c1OC)C3)Cc1cc(C(C)(C)C)cc(c1OC)Cc1cc(C(C)(C)C)cc(c1OCCNCc1ccccc1C4)C2. The molecule has 0 atom stereocenters. The Bertz CT molecular complexity index is 4470. The number of fused-ring (bicyclic) bond motifs is 12. The summed E-state index contributed by atoms with van der Waals surface area (Å²) in [6, 6.07) is 63.6. The first-order valence-corrected chi connectivity index (χ1v) is 42.0. The van der Waals surface area contributed by atoms with Crippen molar-refractivity contribution in [2.45, 2.75) is 235 Å². The Kier molecular flexibility index (Phi) is 24.7. The Hall–Kier alpha value is -9.12. The summed E-state index contributed by atoms with van der Waals surface area (Å²) in [6.45, 7) is 47.3. The third-order valence-electron chi connectivity index (χ3n) is 23.7. The van der Waals surface area contributed by atoms with Gasteiger partial charge in [0.25, 0.3) is 0 Å². The Balaban J connectivity index is 1.13. The van der Waals surface area contributed by atoms with Crippen LogP contribution in [0, 0.1) is 0 Å². The monoisotopic (exact) mass is 1530 g/mol. The van der Waals surface area contributed by atoms with E-state index in [-0.39, 0.29) is 32.5 Å². The lowest BCUT2D eigenvalue weighted by atomic mass is 9.79. The first-order chi connectivity index (χ1) is 54.1. The van der Waals surface area contributed by atoms with Gasteiger partial charge in [-0.15, -0.1) is 0 Å². The fraction of sp³-hybridized carbons (Fsp3) is 0.429. The van der Waals surface area contributed by atoms with Crippen molar-refractivity contribution >= 4 is 0 Å². The van der Waals surface area contributed by atoms with Gasteiger partial charge >= 0.3 is 0 Å². The molecule has 3 aliphatic heterocycles. The predicted molar refractivity (Wildman–Crippen MR) is 473 cm³/mol. The van der Waals surface area contributed by atoms with E-state index in [1.165, 1.54) is 83.5 Å². The fourth-order valence-corrected chi connectivity index (χ4v) is 17.1. The molecule has 14 rings (SSSR count). The van der Waals surface area contributed by atoms with Gasteiger partial charge in [0.05, 0.1) is 21.3 Å². The van der Waals surface area contributed by atoms with Crippen molar-refractivity contribution in [3.8, 4) is 34.5 Å². The molecule has 10 aromatic carbocycles. The summed E-state index contributed by atoms with van der Waals surface area (Å²) in [7, 11) is 5.60. The van der Waals surface area contributed by atoms with Crippen LogP contribution in [0.2, 0.25) is 0 Å². The highest BCUT2D eigenvalue weighted by Gasteiger charge is 2.32. The maximum Gasteiger partial charge on any atom is 0.126 e. The number of hydrogen-bond acceptors (Lipinski definition) is 9. The second-order valence-electron chi connectivity index (χ2n) is 39.0. The quantitative estimate of drug-likeness (QED) is 0.160. The number of methoxy groups -OCH3 is 3. The number of hydrogen-bond donors (Lipinski definition) is 3. The summed E-state index contributed by atoms with van der Waals surface area (Å²) in [5.41, 5.74) is 31.0. The number of rotatable bonds is 3. The summed E-state index contributed by atoms with van der Waals surface area (Å²) < 4.78 is 43.8. The smallest absolute Gasteiger partial charge is 0.126 e. The lowest BCUT2D eigenvalue weighted by molar-refractivity contribution is 0.307. The largest absolute Gasteiger partial charge is 0.496 e. The minimum Gasteiger partial charge on any atom is -0.496 e. The molecule has 18 bridgehead atoms. The van der Waals surface area contributed by atoms with Crippen LogP contribution in [0.1, 0.15) is 275 Å². The van der Waals surface area contributed by atoms with Crippen LogP contribution < -0.4 is 44.4 Å². The third kappa shape index (κ3) is 19.5. The van der Waals surface area contributed by atoms with Crippen LogP contribution in [0.25, 0.3) is 0 Å². The van der Waals surface area contributed by atoms with Crippen molar-refractivity contribution in [2.24, 2.45) is 0 Å². The van der Waals surface area contributed by atoms with E-state index >= 15 is 0 Å². The zero-order valence-corrected chi connectivity index (χ0v) is 72.8. The van der Waals surface area contributed by atoms with Gasteiger partial charge in [0.15, 0.2) is 0 Å². The molecule has 10 aromatic rings. The van der Waals surface area contributed by atoms with Crippen LogP contribution in [-0.2, 0) is 110 Å². The summed E-state index contributed by atoms with van der Waals surface area (Å²) in [6.07, 6.45) is 5.68. The van der Waals surface area contributed by atoms with Gasteiger partial charge in [-0.3, -0.25) is 0 Å². The molecule has 600 valence electrons. The van der Waals surface area contributed by atoms with Gasteiger partial charge in [-0.25, -0.2) is 0 Å². The average molecular weight is 1530 g/mol. The molecule has 3 heterocycles. The highest BCUT2D eigenvalue weighted by atomic mass is 16.5. The summed E-state index contributed by atoms with van der Waals surface area (Å²) in [5.74, 6) is 5.29. The van der Waals surface area contributed by atoms with Crippen LogP contribution in [0.3, 0.4) is 0 Å². The van der Waals surface area contributed by atoms with Crippen LogP contribution in [0.5, 0.6) is 34.5 Å². The molecule has 0 aromatic heterocycles. The Morgan fingerprint density at radius 3 is 0.596 bits per heavy atom. The van der Waals surface area contributed by atoms with Gasteiger partial charge in [-0.1, -0.05) is 288 Å². The molecular formula is C105H129N3O6. The first kappa shape index (κ1) is 82.8. The van der Waals surface area contributed by atoms with Gasteiger partial charge in [-0.2, -0.15) is 0 Å². The minimum absolute atomic E-state index is 0.231. The van der Waals surface area contributed by atoms with Crippen molar-refractivity contribution in [3.63, 3.8) is 0 Å². The molecule has 3 N–H and O–H groups in total. The van der Waals surface area contributed by atoms with Crippen molar-refractivity contribution in [3.05, 3.63) is 314 Å². The zero-order valence-electron chi connectivity index (χ0n) is 72.8. The van der Waals surface area contributed by atoms with Crippen LogP contribution in [0.4, 0.5) is 0 Å². The molecule has 9 nitrogen and oxygen atoms in total. The molecule has 0 amide bonds. The van der Waals surface area contributed by atoms with E-state index in [9.17, 15) is 0 Å². The van der Waals surface area contributed by atoms with E-state index in [1.54, 1.807) is 0 Å². The molecule has 1 aliphatic carbocycles. The van der Waals surface area contributed by atoms with E-state index in [1.807, 2.05) is 21.3 Å². The van der Waals surface area contributed by atoms with Crippen molar-refractivity contribution in [2.75, 3.05) is 60.8 Å². The van der Waals surface area contributed by atoms with Gasteiger partial charge in [0.2, 0.25) is 0 Å². The first-order valence-electron chi connectivity index (χ1n) is 42.0. The highest BCUT2D eigenvalue weighted by Crippen LogP contribution is 2.47. The number of nitrogens with one attached hydrogen (secondary N) is 3. The summed E-state index contributed by atoms with van der Waals surface area (Å²) in [4.78, 5) is 0. The predicted octanol–water partition coefficient (Wildman–Crippen LogP) is 22.3. The standard InChI is InChI=1S/C105H129N3O6/c1-100(2,3)88-52-76-46-82-58-91(103(10,11)12)60-84-48-78-54-89(101(4,5)6)56-80(95(78)110-20)50-86-62-93(105(16,17)18)63-87-51-81-57-90(102(7,8)9)55-79(96(81)111-21)49-85-61-92(104(13,14)15)59-83(47-77(53-88)94(76)109-19)98(85)113-38-35-107-65-74-32-26-23-29-71(74)44-68-40-67(43-70-28-22-25-31-73(70)64-106-34-37-112-97(82)84)41-69(42-68)45-72-30-24-27-33-75(72)66-108-36-39-114-99(86)87/h22-33,40-42,52-63,106-108H,34-39,43-51,64-66H2,1-21H3. The molecule has 4 aliphatic rings. The fourth-order valence-electron chi connectivity index (χ4n) is 17.1. The van der Waals surface area contributed by atoms with Gasteiger partial charge < -0.3 is 44.4 Å². The van der Waals surface area contributed by atoms with E-state index in [2.05, 4.69) is 304 Å². The van der Waals surface area contributed by atoms with E-state index in [0.29, 0.717) is 97.6 Å². The molecule has 0 saturated heterocycles. The van der Waals surface area contributed by atoms with E-state index in [0.717, 1.165) is 121 Å². The lowest BCUT2D eigenvalue weighted by Gasteiger charge is -2.29. The zero-order chi connectivity index (χ0) is 81.2. The van der Waals surface area contributed by atoms with Crippen molar-refractivity contribution < 1.29 is 28.4 Å². The topological polar surface area (TPSA) is 91.5 Å². The van der Waals surface area contributed by atoms with Gasteiger partial charge in [-0.05, 0) is 202 Å². The molecule has 114 heavy (non-hydrogen) atoms. The van der Waals surface area contributed by atoms with E-state index in [4.69, 9.17) is 28.4 Å². The summed E-state index contributed by atoms with van der Waals surface area (Å²) in [5, 5.41) is 11.8. The highest BCUT2D eigenvalue weighted by molar-refractivity contribution is 5.62. The van der Waals surface area contributed by atoms with Crippen molar-refractivity contribution in [1.29, 1.82) is 0 Å². The van der Waals surface area contributed by atoms with Crippen LogP contribution in [0.15, 0.2) is 164 Å². The lowest BCUT2D eigenvalue weighted by Crippen LogP contribution is -2.23. The van der Waals surface area contributed by atoms with Crippen molar-refractivity contribution in [1.82, 2.24) is 16.0 Å². The molecule has 0 saturated carbocycles. The second-order valence-corrected chi connectivity index (χ2v) is 39.0. The van der Waals surface area contributed by atoms with Crippen LogP contribution >= 0.6 is 0 Å². The number of ether oxygens (including phenoxy) is 6. The van der Waals surface area contributed by atoms with Crippen LogP contribution in [-0.4, -0.2) is 60.8 Å². The average Bonchev–Trinajstić information content (AvgIpc) is 0.765. The Morgan fingerprint density at radius 1 is 0.228 bits per heavy atom. The van der Waals surface area contributed by atoms with E-state index < -0.39 is 0 Å². The maximum absolute atomic E-state index is 7.62. The molecular weight excluding hydrogens is 1400 g/mol.